The van der Waals surface area contributed by atoms with Crippen LogP contribution in [0.3, 0.4) is 0 Å². The molecule has 17 heavy (non-hydrogen) atoms. The van der Waals surface area contributed by atoms with Gasteiger partial charge in [0.2, 0.25) is 0 Å². The maximum atomic E-state index is 10.8. The van der Waals surface area contributed by atoms with Crippen molar-refractivity contribution in [2.75, 3.05) is 0 Å². The molecule has 0 radical (unpaired) electrons. The minimum atomic E-state index is 0.236. The quantitative estimate of drug-likeness (QED) is 0.756. The lowest BCUT2D eigenvalue weighted by Gasteiger charge is -2.10. The fraction of sp³-hybridized carbons (Fsp3) is 0.286. The minimum absolute atomic E-state index is 0.236. The van der Waals surface area contributed by atoms with Crippen molar-refractivity contribution in [1.82, 2.24) is 9.78 Å². The van der Waals surface area contributed by atoms with Crippen molar-refractivity contribution in [2.45, 2.75) is 26.8 Å². The first-order valence-corrected chi connectivity index (χ1v) is 5.73. The summed E-state index contributed by atoms with van der Waals surface area (Å²) < 4.78 is 1.88. The van der Waals surface area contributed by atoms with E-state index in [1.54, 1.807) is 0 Å². The Kier molecular flexibility index (Phi) is 3.09. The van der Waals surface area contributed by atoms with Gasteiger partial charge in [-0.2, -0.15) is 5.10 Å². The molecule has 0 spiro atoms. The first-order valence-electron chi connectivity index (χ1n) is 5.73. The number of carbonyl (C=O) groups is 1. The van der Waals surface area contributed by atoms with Gasteiger partial charge >= 0.3 is 0 Å². The van der Waals surface area contributed by atoms with E-state index < -0.39 is 0 Å². The van der Waals surface area contributed by atoms with Crippen molar-refractivity contribution in [3.05, 3.63) is 41.6 Å². The summed E-state index contributed by atoms with van der Waals surface area (Å²) in [6.07, 6.45) is 0.788. The SMILES string of the molecule is Cc1ccc(-c2cc(C=O)nn2C(C)C)cc1. The fourth-order valence-electron chi connectivity index (χ4n) is 1.80. The Labute approximate surface area is 101 Å². The van der Waals surface area contributed by atoms with E-state index in [4.69, 9.17) is 0 Å². The van der Waals surface area contributed by atoms with Crippen molar-refractivity contribution in [2.24, 2.45) is 0 Å². The summed E-state index contributed by atoms with van der Waals surface area (Å²) in [6, 6.07) is 10.3. The molecule has 1 aromatic heterocycles. The van der Waals surface area contributed by atoms with Crippen LogP contribution in [-0.4, -0.2) is 16.1 Å². The average molecular weight is 228 g/mol. The van der Waals surface area contributed by atoms with E-state index in [2.05, 4.69) is 50.1 Å². The van der Waals surface area contributed by atoms with Crippen LogP contribution in [0.15, 0.2) is 30.3 Å². The maximum Gasteiger partial charge on any atom is 0.170 e. The van der Waals surface area contributed by atoms with Crippen molar-refractivity contribution >= 4 is 6.29 Å². The molecule has 0 N–H and O–H groups in total. The van der Waals surface area contributed by atoms with Gasteiger partial charge in [0.1, 0.15) is 5.69 Å². The van der Waals surface area contributed by atoms with Crippen LogP contribution in [-0.2, 0) is 0 Å². The molecule has 1 heterocycles. The molecule has 0 aliphatic carbocycles. The third-order valence-corrected chi connectivity index (χ3v) is 2.71. The van der Waals surface area contributed by atoms with E-state index in [1.807, 2.05) is 10.7 Å². The Hall–Kier alpha value is -1.90. The summed E-state index contributed by atoms with van der Waals surface area (Å²) in [4.78, 5) is 10.8. The molecule has 0 fully saturated rings. The highest BCUT2D eigenvalue weighted by Gasteiger charge is 2.11. The van der Waals surface area contributed by atoms with Gasteiger partial charge in [0, 0.05) is 6.04 Å². The Balaban J connectivity index is 2.53. The zero-order valence-electron chi connectivity index (χ0n) is 10.3. The second kappa shape index (κ2) is 4.53. The summed E-state index contributed by atoms with van der Waals surface area (Å²) in [5, 5.41) is 4.28. The van der Waals surface area contributed by atoms with E-state index in [0.717, 1.165) is 17.5 Å². The number of carbonyl (C=O) groups excluding carboxylic acids is 1. The highest BCUT2D eigenvalue weighted by atomic mass is 16.1. The molecule has 0 bridgehead atoms. The molecule has 0 saturated heterocycles. The van der Waals surface area contributed by atoms with Crippen LogP contribution in [0, 0.1) is 6.92 Å². The van der Waals surface area contributed by atoms with Crippen LogP contribution in [0.2, 0.25) is 0 Å². The lowest BCUT2D eigenvalue weighted by molar-refractivity contribution is 0.111. The van der Waals surface area contributed by atoms with Crippen molar-refractivity contribution in [3.63, 3.8) is 0 Å². The molecular formula is C14H16N2O. The zero-order chi connectivity index (χ0) is 12.4. The van der Waals surface area contributed by atoms with Gasteiger partial charge in [-0.15, -0.1) is 0 Å². The Bertz CT molecular complexity index is 524. The molecule has 88 valence electrons. The zero-order valence-corrected chi connectivity index (χ0v) is 10.3. The molecular weight excluding hydrogens is 212 g/mol. The summed E-state index contributed by atoms with van der Waals surface area (Å²) >= 11 is 0. The fourth-order valence-corrected chi connectivity index (χ4v) is 1.80. The van der Waals surface area contributed by atoms with Crippen LogP contribution in [0.4, 0.5) is 0 Å². The van der Waals surface area contributed by atoms with Crippen LogP contribution >= 0.6 is 0 Å². The molecule has 2 rings (SSSR count). The topological polar surface area (TPSA) is 34.9 Å². The van der Waals surface area contributed by atoms with E-state index in [0.29, 0.717) is 5.69 Å². The monoisotopic (exact) mass is 228 g/mol. The number of hydrogen-bond acceptors (Lipinski definition) is 2. The molecule has 0 aliphatic heterocycles. The Morgan fingerprint density at radius 1 is 1.24 bits per heavy atom. The summed E-state index contributed by atoms with van der Waals surface area (Å²) in [5.41, 5.74) is 3.78. The molecule has 3 nitrogen and oxygen atoms in total. The lowest BCUT2D eigenvalue weighted by Crippen LogP contribution is -2.05. The number of aryl methyl sites for hydroxylation is 1. The maximum absolute atomic E-state index is 10.8. The molecule has 0 unspecified atom stereocenters. The Morgan fingerprint density at radius 2 is 1.88 bits per heavy atom. The normalized spacial score (nSPS) is 10.8. The van der Waals surface area contributed by atoms with Gasteiger partial charge in [0.05, 0.1) is 5.69 Å². The minimum Gasteiger partial charge on any atom is -0.296 e. The van der Waals surface area contributed by atoms with E-state index in [1.165, 1.54) is 5.56 Å². The third-order valence-electron chi connectivity index (χ3n) is 2.71. The third kappa shape index (κ3) is 2.28. The predicted octanol–water partition coefficient (Wildman–Crippen LogP) is 3.25. The summed E-state index contributed by atoms with van der Waals surface area (Å²) in [7, 11) is 0. The van der Waals surface area contributed by atoms with Crippen molar-refractivity contribution in [3.8, 4) is 11.3 Å². The predicted molar refractivity (Wildman–Crippen MR) is 68.2 cm³/mol. The Morgan fingerprint density at radius 3 is 2.41 bits per heavy atom. The highest BCUT2D eigenvalue weighted by Crippen LogP contribution is 2.23. The second-order valence-corrected chi connectivity index (χ2v) is 4.48. The number of aldehydes is 1. The first kappa shape index (κ1) is 11.6. The largest absolute Gasteiger partial charge is 0.296 e. The van der Waals surface area contributed by atoms with Crippen LogP contribution < -0.4 is 0 Å². The van der Waals surface area contributed by atoms with Crippen molar-refractivity contribution < 1.29 is 4.79 Å². The van der Waals surface area contributed by atoms with Crippen LogP contribution in [0.25, 0.3) is 11.3 Å². The number of rotatable bonds is 3. The lowest BCUT2D eigenvalue weighted by atomic mass is 10.1. The smallest absolute Gasteiger partial charge is 0.170 e. The second-order valence-electron chi connectivity index (χ2n) is 4.48. The van der Waals surface area contributed by atoms with Gasteiger partial charge in [0.15, 0.2) is 6.29 Å². The molecule has 0 saturated carbocycles. The molecule has 1 aromatic carbocycles. The van der Waals surface area contributed by atoms with E-state index >= 15 is 0 Å². The van der Waals surface area contributed by atoms with Crippen LogP contribution in [0.5, 0.6) is 0 Å². The van der Waals surface area contributed by atoms with Gasteiger partial charge in [-0.3, -0.25) is 9.48 Å². The van der Waals surface area contributed by atoms with Gasteiger partial charge in [-0.05, 0) is 32.4 Å². The van der Waals surface area contributed by atoms with Gasteiger partial charge in [0.25, 0.3) is 0 Å². The molecule has 2 aromatic rings. The average Bonchev–Trinajstić information content (AvgIpc) is 2.74. The number of nitrogens with zero attached hydrogens (tertiary/aromatic N) is 2. The first-order chi connectivity index (χ1) is 8.11. The summed E-state index contributed by atoms with van der Waals surface area (Å²) in [5.74, 6) is 0. The molecule has 0 atom stereocenters. The van der Waals surface area contributed by atoms with Crippen LogP contribution in [0.1, 0.15) is 35.9 Å². The van der Waals surface area contributed by atoms with Gasteiger partial charge in [-0.1, -0.05) is 29.8 Å². The highest BCUT2D eigenvalue weighted by molar-refractivity contribution is 5.75. The standard InChI is InChI=1S/C14H16N2O/c1-10(2)16-14(8-13(9-17)15-16)12-6-4-11(3)5-7-12/h4-10H,1-3H3. The summed E-state index contributed by atoms with van der Waals surface area (Å²) in [6.45, 7) is 6.17. The van der Waals surface area contributed by atoms with Gasteiger partial charge < -0.3 is 0 Å². The molecule has 0 amide bonds. The number of hydrogen-bond donors (Lipinski definition) is 0. The number of benzene rings is 1. The van der Waals surface area contributed by atoms with Crippen molar-refractivity contribution in [1.29, 1.82) is 0 Å². The van der Waals surface area contributed by atoms with Gasteiger partial charge in [-0.25, -0.2) is 0 Å². The van der Waals surface area contributed by atoms with E-state index in [9.17, 15) is 4.79 Å². The molecule has 0 aliphatic rings. The number of aromatic nitrogens is 2. The molecule has 3 heteroatoms. The van der Waals surface area contributed by atoms with E-state index in [-0.39, 0.29) is 6.04 Å².